The molecule has 6 nitrogen and oxygen atoms in total. The van der Waals surface area contributed by atoms with Crippen LogP contribution in [0.5, 0.6) is 5.75 Å². The van der Waals surface area contributed by atoms with Crippen molar-refractivity contribution in [2.45, 2.75) is 25.0 Å². The number of carboxylic acid groups (broad SMARTS) is 1. The number of carbonyl (C=O) groups excluding carboxylic acids is 1. The first-order valence-corrected chi connectivity index (χ1v) is 7.71. The quantitative estimate of drug-likeness (QED) is 0.826. The Hall–Kier alpha value is -1.60. The zero-order valence-corrected chi connectivity index (χ0v) is 13.8. The van der Waals surface area contributed by atoms with Gasteiger partial charge in [0.25, 0.3) is 5.91 Å². The zero-order chi connectivity index (χ0) is 16.1. The molecule has 1 heterocycles. The van der Waals surface area contributed by atoms with Gasteiger partial charge in [0, 0.05) is 24.2 Å². The van der Waals surface area contributed by atoms with E-state index in [1.54, 1.807) is 24.1 Å². The predicted molar refractivity (Wildman–Crippen MR) is 82.8 cm³/mol. The third-order valence-corrected chi connectivity index (χ3v) is 4.14. The molecule has 1 N–H and O–H groups in total. The van der Waals surface area contributed by atoms with E-state index in [-0.39, 0.29) is 31.1 Å². The molecule has 2 rings (SSSR count). The van der Waals surface area contributed by atoms with Crippen LogP contribution < -0.4 is 4.74 Å². The molecule has 1 aromatic carbocycles. The summed E-state index contributed by atoms with van der Waals surface area (Å²) < 4.78 is 11.6. The number of likely N-dealkylation sites (tertiary alicyclic amines) is 1. The first-order valence-electron chi connectivity index (χ1n) is 6.92. The van der Waals surface area contributed by atoms with Crippen molar-refractivity contribution in [2.75, 3.05) is 20.3 Å². The molecule has 0 aromatic heterocycles. The minimum atomic E-state index is -0.923. The van der Waals surface area contributed by atoms with Gasteiger partial charge in [-0.2, -0.15) is 0 Å². The minimum Gasteiger partial charge on any atom is -0.484 e. The van der Waals surface area contributed by atoms with E-state index in [1.807, 2.05) is 12.1 Å². The lowest BCUT2D eigenvalue weighted by Crippen LogP contribution is -2.40. The van der Waals surface area contributed by atoms with E-state index >= 15 is 0 Å². The monoisotopic (exact) mass is 371 g/mol. The SMILES string of the molecule is COC1CC(CC(=O)O)N(C(=O)COc2ccc(Br)cc2)C1. The molecule has 0 aliphatic carbocycles. The van der Waals surface area contributed by atoms with Gasteiger partial charge in [0.1, 0.15) is 5.75 Å². The lowest BCUT2D eigenvalue weighted by molar-refractivity contribution is -0.140. The molecule has 0 saturated carbocycles. The van der Waals surface area contributed by atoms with E-state index in [1.165, 1.54) is 0 Å². The number of carbonyl (C=O) groups is 2. The van der Waals surface area contributed by atoms with E-state index in [0.717, 1.165) is 4.47 Å². The van der Waals surface area contributed by atoms with Crippen LogP contribution in [0, 0.1) is 0 Å². The maximum absolute atomic E-state index is 12.3. The zero-order valence-electron chi connectivity index (χ0n) is 12.2. The summed E-state index contributed by atoms with van der Waals surface area (Å²) in [7, 11) is 1.56. The first kappa shape index (κ1) is 16.8. The Balaban J connectivity index is 1.94. The summed E-state index contributed by atoms with van der Waals surface area (Å²) in [5.74, 6) is -0.559. The molecule has 2 unspecified atom stereocenters. The van der Waals surface area contributed by atoms with Gasteiger partial charge in [-0.15, -0.1) is 0 Å². The Morgan fingerprint density at radius 1 is 1.36 bits per heavy atom. The van der Waals surface area contributed by atoms with Crippen LogP contribution in [0.2, 0.25) is 0 Å². The van der Waals surface area contributed by atoms with Crippen LogP contribution >= 0.6 is 15.9 Å². The second kappa shape index (κ2) is 7.60. The van der Waals surface area contributed by atoms with E-state index < -0.39 is 5.97 Å². The van der Waals surface area contributed by atoms with Crippen LogP contribution in [-0.2, 0) is 14.3 Å². The average Bonchev–Trinajstić information content (AvgIpc) is 2.88. The lowest BCUT2D eigenvalue weighted by atomic mass is 10.1. The van der Waals surface area contributed by atoms with E-state index in [9.17, 15) is 9.59 Å². The molecule has 0 bridgehead atoms. The van der Waals surface area contributed by atoms with Crippen molar-refractivity contribution in [1.29, 1.82) is 0 Å². The van der Waals surface area contributed by atoms with Crippen molar-refractivity contribution in [1.82, 2.24) is 4.90 Å². The minimum absolute atomic E-state index is 0.0795. The molecule has 1 saturated heterocycles. The number of amides is 1. The smallest absolute Gasteiger partial charge is 0.305 e. The van der Waals surface area contributed by atoms with Gasteiger partial charge in [-0.25, -0.2) is 0 Å². The molecule has 1 fully saturated rings. The van der Waals surface area contributed by atoms with Crippen molar-refractivity contribution in [2.24, 2.45) is 0 Å². The van der Waals surface area contributed by atoms with Gasteiger partial charge in [-0.1, -0.05) is 15.9 Å². The van der Waals surface area contributed by atoms with Crippen LogP contribution in [0.15, 0.2) is 28.7 Å². The number of rotatable bonds is 6. The lowest BCUT2D eigenvalue weighted by Gasteiger charge is -2.23. The highest BCUT2D eigenvalue weighted by Crippen LogP contribution is 2.23. The number of nitrogens with zero attached hydrogens (tertiary/aromatic N) is 1. The molecule has 2 atom stereocenters. The molecular formula is C15H18BrNO5. The Bertz CT molecular complexity index is 533. The molecule has 7 heteroatoms. The highest BCUT2D eigenvalue weighted by molar-refractivity contribution is 9.10. The topological polar surface area (TPSA) is 76.1 Å². The Morgan fingerprint density at radius 3 is 2.64 bits per heavy atom. The molecule has 1 amide bonds. The molecule has 1 aromatic rings. The normalized spacial score (nSPS) is 20.9. The maximum atomic E-state index is 12.3. The van der Waals surface area contributed by atoms with Gasteiger partial charge >= 0.3 is 5.97 Å². The Morgan fingerprint density at radius 2 is 2.05 bits per heavy atom. The third-order valence-electron chi connectivity index (χ3n) is 3.62. The average molecular weight is 372 g/mol. The second-order valence-corrected chi connectivity index (χ2v) is 6.05. The van der Waals surface area contributed by atoms with Crippen LogP contribution in [0.1, 0.15) is 12.8 Å². The number of hydrogen-bond donors (Lipinski definition) is 1. The summed E-state index contributed by atoms with van der Waals surface area (Å²) in [5.41, 5.74) is 0. The maximum Gasteiger partial charge on any atom is 0.305 e. The fraction of sp³-hybridized carbons (Fsp3) is 0.467. The predicted octanol–water partition coefficient (Wildman–Crippen LogP) is 1.92. The first-order chi connectivity index (χ1) is 10.5. The van der Waals surface area contributed by atoms with Crippen molar-refractivity contribution in [3.63, 3.8) is 0 Å². The number of aliphatic carboxylic acids is 1. The molecule has 120 valence electrons. The van der Waals surface area contributed by atoms with Crippen molar-refractivity contribution in [3.05, 3.63) is 28.7 Å². The second-order valence-electron chi connectivity index (χ2n) is 5.13. The molecular weight excluding hydrogens is 354 g/mol. The Labute approximate surface area is 137 Å². The standard InChI is InChI=1S/C15H18BrNO5/c1-21-13-6-11(7-15(19)20)17(8-13)14(18)9-22-12-4-2-10(16)3-5-12/h2-5,11,13H,6-9H2,1H3,(H,19,20). The number of methoxy groups -OCH3 is 1. The van der Waals surface area contributed by atoms with Gasteiger partial charge in [0.15, 0.2) is 6.61 Å². The van der Waals surface area contributed by atoms with E-state index in [4.69, 9.17) is 14.6 Å². The summed E-state index contributed by atoms with van der Waals surface area (Å²) >= 11 is 3.32. The number of hydrogen-bond acceptors (Lipinski definition) is 4. The van der Waals surface area contributed by atoms with Crippen molar-refractivity contribution in [3.8, 4) is 5.75 Å². The number of benzene rings is 1. The van der Waals surface area contributed by atoms with Gasteiger partial charge in [0.2, 0.25) is 0 Å². The van der Waals surface area contributed by atoms with Crippen LogP contribution in [-0.4, -0.2) is 54.3 Å². The fourth-order valence-electron chi connectivity index (χ4n) is 2.50. The van der Waals surface area contributed by atoms with Gasteiger partial charge in [-0.3, -0.25) is 9.59 Å². The summed E-state index contributed by atoms with van der Waals surface area (Å²) in [6, 6.07) is 6.82. The highest BCUT2D eigenvalue weighted by Gasteiger charge is 2.36. The fourth-order valence-corrected chi connectivity index (χ4v) is 2.77. The van der Waals surface area contributed by atoms with Crippen molar-refractivity contribution >= 4 is 27.8 Å². The molecule has 1 aliphatic rings. The highest BCUT2D eigenvalue weighted by atomic mass is 79.9. The van der Waals surface area contributed by atoms with Crippen LogP contribution in [0.25, 0.3) is 0 Å². The molecule has 1 aliphatic heterocycles. The molecule has 0 spiro atoms. The summed E-state index contributed by atoms with van der Waals surface area (Å²) in [6.07, 6.45) is 0.331. The number of carboxylic acids is 1. The number of halogens is 1. The molecule has 0 radical (unpaired) electrons. The van der Waals surface area contributed by atoms with Crippen LogP contribution in [0.4, 0.5) is 0 Å². The summed E-state index contributed by atoms with van der Waals surface area (Å²) in [4.78, 5) is 24.7. The summed E-state index contributed by atoms with van der Waals surface area (Å²) in [6.45, 7) is 0.283. The third kappa shape index (κ3) is 4.45. The number of ether oxygens (including phenoxy) is 2. The molecule has 22 heavy (non-hydrogen) atoms. The van der Waals surface area contributed by atoms with Crippen LogP contribution in [0.3, 0.4) is 0 Å². The van der Waals surface area contributed by atoms with Crippen molar-refractivity contribution < 1.29 is 24.2 Å². The Kier molecular flexibility index (Phi) is 5.79. The van der Waals surface area contributed by atoms with E-state index in [0.29, 0.717) is 18.7 Å². The van der Waals surface area contributed by atoms with E-state index in [2.05, 4.69) is 15.9 Å². The van der Waals surface area contributed by atoms with Gasteiger partial charge in [-0.05, 0) is 30.7 Å². The largest absolute Gasteiger partial charge is 0.484 e. The van der Waals surface area contributed by atoms with Gasteiger partial charge in [0.05, 0.1) is 12.5 Å². The summed E-state index contributed by atoms with van der Waals surface area (Å²) in [5, 5.41) is 8.95. The van der Waals surface area contributed by atoms with Gasteiger partial charge < -0.3 is 19.5 Å².